The summed E-state index contributed by atoms with van der Waals surface area (Å²) in [5.74, 6) is 0. The van der Waals surface area contributed by atoms with Crippen molar-refractivity contribution in [3.63, 3.8) is 0 Å². The monoisotopic (exact) mass is 257 g/mol. The molecule has 3 nitrogen and oxygen atoms in total. The second-order valence-electron chi connectivity index (χ2n) is 3.38. The molecule has 0 fully saturated rings. The van der Waals surface area contributed by atoms with E-state index in [1.807, 2.05) is 19.9 Å². The van der Waals surface area contributed by atoms with Gasteiger partial charge in [-0.3, -0.25) is 0 Å². The van der Waals surface area contributed by atoms with Crippen molar-refractivity contribution in [2.45, 2.75) is 31.6 Å². The molecule has 5 heteroatoms. The highest BCUT2D eigenvalue weighted by Crippen LogP contribution is 2.27. The van der Waals surface area contributed by atoms with Gasteiger partial charge in [0.05, 0.1) is 16.5 Å². The van der Waals surface area contributed by atoms with Gasteiger partial charge < -0.3 is 0 Å². The van der Waals surface area contributed by atoms with Gasteiger partial charge in [0.1, 0.15) is 0 Å². The lowest BCUT2D eigenvalue weighted by atomic mass is 10.0. The minimum atomic E-state index is -3.75. The molecule has 0 spiro atoms. The number of rotatable bonds is 3. The van der Waals surface area contributed by atoms with E-state index in [0.29, 0.717) is 29.5 Å². The summed E-state index contributed by atoms with van der Waals surface area (Å²) in [6, 6.07) is 5.17. The van der Waals surface area contributed by atoms with Crippen LogP contribution >= 0.6 is 10.7 Å². The van der Waals surface area contributed by atoms with Crippen LogP contribution in [0.15, 0.2) is 17.0 Å². The van der Waals surface area contributed by atoms with E-state index < -0.39 is 9.05 Å². The molecule has 0 N–H and O–H groups in total. The third-order valence-corrected chi connectivity index (χ3v) is 3.85. The fourth-order valence-corrected chi connectivity index (χ4v) is 3.28. The summed E-state index contributed by atoms with van der Waals surface area (Å²) in [5.41, 5.74) is 1.68. The van der Waals surface area contributed by atoms with Crippen molar-refractivity contribution in [1.82, 2.24) is 0 Å². The fourth-order valence-electron chi connectivity index (χ4n) is 1.66. The van der Waals surface area contributed by atoms with E-state index in [0.717, 1.165) is 0 Å². The lowest BCUT2D eigenvalue weighted by Gasteiger charge is -2.10. The second kappa shape index (κ2) is 4.86. The number of halogens is 1. The molecule has 16 heavy (non-hydrogen) atoms. The summed E-state index contributed by atoms with van der Waals surface area (Å²) in [6.45, 7) is 3.67. The molecule has 0 aliphatic heterocycles. The molecule has 86 valence electrons. The normalized spacial score (nSPS) is 11.1. The zero-order valence-electron chi connectivity index (χ0n) is 9.12. The number of aryl methyl sites for hydroxylation is 2. The first-order valence-corrected chi connectivity index (χ1v) is 7.25. The van der Waals surface area contributed by atoms with Gasteiger partial charge in [-0.2, -0.15) is 5.26 Å². The van der Waals surface area contributed by atoms with E-state index >= 15 is 0 Å². The molecule has 0 heterocycles. The Hall–Kier alpha value is -1.05. The lowest BCUT2D eigenvalue weighted by Crippen LogP contribution is -2.03. The molecular formula is C11H12ClNO2S. The average molecular weight is 258 g/mol. The molecule has 0 unspecified atom stereocenters. The summed E-state index contributed by atoms with van der Waals surface area (Å²) in [5, 5.41) is 8.84. The Bertz CT molecular complexity index is 519. The zero-order chi connectivity index (χ0) is 12.3. The molecule has 0 aromatic heterocycles. The van der Waals surface area contributed by atoms with Gasteiger partial charge in [0.15, 0.2) is 0 Å². The molecule has 0 bridgehead atoms. The van der Waals surface area contributed by atoms with E-state index in [9.17, 15) is 8.42 Å². The van der Waals surface area contributed by atoms with Crippen LogP contribution in [0.4, 0.5) is 0 Å². The number of hydrogen-bond donors (Lipinski definition) is 0. The first-order chi connectivity index (χ1) is 7.43. The third-order valence-electron chi connectivity index (χ3n) is 2.38. The molecule has 0 saturated carbocycles. The van der Waals surface area contributed by atoms with E-state index in [1.54, 1.807) is 12.1 Å². The second-order valence-corrected chi connectivity index (χ2v) is 5.88. The number of nitrogens with zero attached hydrogens (tertiary/aromatic N) is 1. The Morgan fingerprint density at radius 2 is 1.69 bits per heavy atom. The molecule has 0 atom stereocenters. The van der Waals surface area contributed by atoms with Crippen molar-refractivity contribution < 1.29 is 8.42 Å². The van der Waals surface area contributed by atoms with Crippen LogP contribution in [-0.4, -0.2) is 8.42 Å². The molecule has 0 amide bonds. The van der Waals surface area contributed by atoms with Gasteiger partial charge in [-0.15, -0.1) is 0 Å². The Morgan fingerprint density at radius 3 is 1.94 bits per heavy atom. The smallest absolute Gasteiger partial charge is 0.207 e. The van der Waals surface area contributed by atoms with E-state index in [-0.39, 0.29) is 4.90 Å². The minimum Gasteiger partial charge on any atom is -0.207 e. The number of nitriles is 1. The maximum absolute atomic E-state index is 11.5. The van der Waals surface area contributed by atoms with Gasteiger partial charge in [-0.25, -0.2) is 8.42 Å². The predicted molar refractivity (Wildman–Crippen MR) is 63.0 cm³/mol. The van der Waals surface area contributed by atoms with Crippen molar-refractivity contribution in [2.75, 3.05) is 0 Å². The Balaban J connectivity index is 3.65. The molecular weight excluding hydrogens is 246 g/mol. The van der Waals surface area contributed by atoms with Crippen LogP contribution in [-0.2, 0) is 21.9 Å². The van der Waals surface area contributed by atoms with Crippen molar-refractivity contribution in [3.05, 3.63) is 28.8 Å². The maximum Gasteiger partial charge on any atom is 0.261 e. The van der Waals surface area contributed by atoms with Gasteiger partial charge in [-0.05, 0) is 36.1 Å². The third kappa shape index (κ3) is 2.55. The average Bonchev–Trinajstić information content (AvgIpc) is 2.25. The van der Waals surface area contributed by atoms with Gasteiger partial charge >= 0.3 is 0 Å². The van der Waals surface area contributed by atoms with Gasteiger partial charge in [-0.1, -0.05) is 13.8 Å². The van der Waals surface area contributed by atoms with Crippen molar-refractivity contribution in [1.29, 1.82) is 5.26 Å². The Labute approximate surface area is 100 Å². The summed E-state index contributed by atoms with van der Waals surface area (Å²) < 4.78 is 22.9. The number of benzene rings is 1. The van der Waals surface area contributed by atoms with Gasteiger partial charge in [0.25, 0.3) is 9.05 Å². The van der Waals surface area contributed by atoms with Gasteiger partial charge in [0, 0.05) is 10.7 Å². The summed E-state index contributed by atoms with van der Waals surface area (Å²) >= 11 is 0. The molecule has 0 aliphatic carbocycles. The molecule has 1 aromatic carbocycles. The van der Waals surface area contributed by atoms with Crippen LogP contribution < -0.4 is 0 Å². The molecule has 0 radical (unpaired) electrons. The van der Waals surface area contributed by atoms with Crippen LogP contribution in [0.3, 0.4) is 0 Å². The summed E-state index contributed by atoms with van der Waals surface area (Å²) in [6.07, 6.45) is 1.06. The van der Waals surface area contributed by atoms with Crippen LogP contribution in [0.2, 0.25) is 0 Å². The maximum atomic E-state index is 11.5. The van der Waals surface area contributed by atoms with Crippen LogP contribution in [0.25, 0.3) is 0 Å². The van der Waals surface area contributed by atoms with Crippen LogP contribution in [0.1, 0.15) is 30.5 Å². The van der Waals surface area contributed by atoms with Crippen molar-refractivity contribution in [3.8, 4) is 6.07 Å². The highest BCUT2D eigenvalue weighted by Gasteiger charge is 2.19. The van der Waals surface area contributed by atoms with Crippen molar-refractivity contribution >= 4 is 19.7 Å². The predicted octanol–water partition coefficient (Wildman–Crippen LogP) is 2.61. The highest BCUT2D eigenvalue weighted by molar-refractivity contribution is 8.13. The standard InChI is InChI=1S/C11H12ClNO2S/c1-3-9-5-8(7-13)6-10(4-2)11(9)16(12,14)15/h5-6H,3-4H2,1-2H3. The Morgan fingerprint density at radius 1 is 1.25 bits per heavy atom. The summed E-state index contributed by atoms with van der Waals surface area (Å²) in [7, 11) is 1.66. The first kappa shape index (κ1) is 13.0. The van der Waals surface area contributed by atoms with E-state index in [2.05, 4.69) is 0 Å². The molecule has 1 aromatic rings. The quantitative estimate of drug-likeness (QED) is 0.782. The topological polar surface area (TPSA) is 57.9 Å². The number of hydrogen-bond acceptors (Lipinski definition) is 3. The van der Waals surface area contributed by atoms with Crippen molar-refractivity contribution in [2.24, 2.45) is 0 Å². The first-order valence-electron chi connectivity index (χ1n) is 4.94. The largest absolute Gasteiger partial charge is 0.261 e. The highest BCUT2D eigenvalue weighted by atomic mass is 35.7. The van der Waals surface area contributed by atoms with Gasteiger partial charge in [0.2, 0.25) is 0 Å². The minimum absolute atomic E-state index is 0.165. The Kier molecular flexibility index (Phi) is 3.95. The van der Waals surface area contributed by atoms with E-state index in [4.69, 9.17) is 15.9 Å². The molecule has 0 saturated heterocycles. The molecule has 1 rings (SSSR count). The van der Waals surface area contributed by atoms with E-state index in [1.165, 1.54) is 0 Å². The lowest BCUT2D eigenvalue weighted by molar-refractivity contribution is 0.607. The fraction of sp³-hybridized carbons (Fsp3) is 0.364. The molecule has 0 aliphatic rings. The zero-order valence-corrected chi connectivity index (χ0v) is 10.7. The van der Waals surface area contributed by atoms with Crippen LogP contribution in [0.5, 0.6) is 0 Å². The summed E-state index contributed by atoms with van der Waals surface area (Å²) in [4.78, 5) is 0.165. The van der Waals surface area contributed by atoms with Crippen LogP contribution in [0, 0.1) is 11.3 Å². The SMILES string of the molecule is CCc1cc(C#N)cc(CC)c1S(=O)(=O)Cl.